The number of carbonyl (C=O) groups is 1. The first-order chi connectivity index (χ1) is 17.9. The lowest BCUT2D eigenvalue weighted by atomic mass is 9.91. The minimum absolute atomic E-state index is 0.0923. The van der Waals surface area contributed by atoms with Crippen LogP contribution < -0.4 is 5.32 Å². The van der Waals surface area contributed by atoms with Crippen LogP contribution in [-0.4, -0.2) is 26.4 Å². The van der Waals surface area contributed by atoms with Gasteiger partial charge in [-0.25, -0.2) is 0 Å². The summed E-state index contributed by atoms with van der Waals surface area (Å²) in [6, 6.07) is 13.5. The Morgan fingerprint density at radius 2 is 1.81 bits per heavy atom. The van der Waals surface area contributed by atoms with Crippen molar-refractivity contribution in [2.75, 3.05) is 5.32 Å². The van der Waals surface area contributed by atoms with Gasteiger partial charge in [0.2, 0.25) is 5.91 Å². The van der Waals surface area contributed by atoms with E-state index in [0.29, 0.717) is 10.8 Å². The molecule has 6 rings (SSSR count). The smallest absolute Gasteiger partial charge is 0.227 e. The van der Waals surface area contributed by atoms with Crippen LogP contribution in [0.1, 0.15) is 69.6 Å². The van der Waals surface area contributed by atoms with Crippen LogP contribution in [0.2, 0.25) is 5.02 Å². The Kier molecular flexibility index (Phi) is 6.21. The summed E-state index contributed by atoms with van der Waals surface area (Å²) in [4.78, 5) is 19.8. The van der Waals surface area contributed by atoms with Gasteiger partial charge in [0.15, 0.2) is 5.82 Å². The summed E-state index contributed by atoms with van der Waals surface area (Å²) in [6.45, 7) is 6.19. The number of hydrogen-bond donors (Lipinski definition) is 1. The zero-order valence-electron chi connectivity index (χ0n) is 21.1. The fraction of sp³-hybridized carbons (Fsp3) is 0.310. The number of halogens is 1. The lowest BCUT2D eigenvalue weighted by Crippen LogP contribution is -2.17. The number of aliphatic imine (C=N–C) groups is 1. The minimum atomic E-state index is -0.483. The van der Waals surface area contributed by atoms with E-state index in [1.807, 2.05) is 37.3 Å². The second-order valence-electron chi connectivity index (χ2n) is 9.85. The molecule has 3 heterocycles. The average Bonchev–Trinajstić information content (AvgIpc) is 3.36. The Labute approximate surface area is 225 Å². The quantitative estimate of drug-likeness (QED) is 0.319. The van der Waals surface area contributed by atoms with Crippen molar-refractivity contribution < 1.29 is 4.79 Å². The number of fused-ring (bicyclic) bond motifs is 4. The normalized spacial score (nSPS) is 16.3. The summed E-state index contributed by atoms with van der Waals surface area (Å²) in [5, 5.41) is 13.7. The second kappa shape index (κ2) is 9.54. The van der Waals surface area contributed by atoms with E-state index in [9.17, 15) is 4.79 Å². The van der Waals surface area contributed by atoms with Gasteiger partial charge in [-0.3, -0.25) is 14.4 Å². The molecule has 4 aromatic rings. The Bertz CT molecular complexity index is 1550. The maximum absolute atomic E-state index is 13.3. The van der Waals surface area contributed by atoms with Crippen LogP contribution in [0.3, 0.4) is 0 Å². The maximum Gasteiger partial charge on any atom is 0.227 e. The average molecular weight is 530 g/mol. The molecule has 1 N–H and O–H groups in total. The standard InChI is InChI=1S/C29H28ClN5OS/c1-16-17(2)37-29-26(16)27(20-8-11-22(30)12-9-20)32-24(28-34-33-18(3)35(28)29)15-25(36)31-23-13-10-19-6-4-5-7-21(19)14-23/h8-14,24H,4-7,15H2,1-3H3,(H,31,36)/t24-/m0/s1. The molecule has 1 amide bonds. The molecule has 1 aliphatic carbocycles. The van der Waals surface area contributed by atoms with E-state index in [4.69, 9.17) is 16.6 Å². The molecule has 0 spiro atoms. The van der Waals surface area contributed by atoms with Gasteiger partial charge in [-0.05, 0) is 87.4 Å². The van der Waals surface area contributed by atoms with Crippen LogP contribution in [0.4, 0.5) is 5.69 Å². The Balaban J connectivity index is 1.40. The molecule has 37 heavy (non-hydrogen) atoms. The summed E-state index contributed by atoms with van der Waals surface area (Å²) in [5.74, 6) is 1.38. The predicted molar refractivity (Wildman–Crippen MR) is 150 cm³/mol. The fourth-order valence-electron chi connectivity index (χ4n) is 5.33. The lowest BCUT2D eigenvalue weighted by molar-refractivity contribution is -0.116. The van der Waals surface area contributed by atoms with Gasteiger partial charge in [0.1, 0.15) is 16.9 Å². The summed E-state index contributed by atoms with van der Waals surface area (Å²) in [6.07, 6.45) is 4.79. The van der Waals surface area contributed by atoms with Crippen molar-refractivity contribution in [1.29, 1.82) is 0 Å². The van der Waals surface area contributed by atoms with Gasteiger partial charge in [0.25, 0.3) is 0 Å². The maximum atomic E-state index is 13.3. The van der Waals surface area contributed by atoms with Crippen LogP contribution in [0.5, 0.6) is 0 Å². The third-order valence-corrected chi connectivity index (χ3v) is 8.81. The number of aryl methyl sites for hydroxylation is 4. The molecule has 2 aromatic heterocycles. The number of rotatable bonds is 4. The number of nitrogens with zero attached hydrogens (tertiary/aromatic N) is 4. The summed E-state index contributed by atoms with van der Waals surface area (Å²) in [7, 11) is 0. The summed E-state index contributed by atoms with van der Waals surface area (Å²) in [5.41, 5.74) is 7.62. The highest BCUT2D eigenvalue weighted by molar-refractivity contribution is 7.15. The zero-order valence-corrected chi connectivity index (χ0v) is 22.7. The third-order valence-electron chi connectivity index (χ3n) is 7.37. The van der Waals surface area contributed by atoms with Gasteiger partial charge in [0, 0.05) is 26.7 Å². The summed E-state index contributed by atoms with van der Waals surface area (Å²) < 4.78 is 2.07. The number of carbonyl (C=O) groups excluding carboxylic acids is 1. The second-order valence-corrected chi connectivity index (χ2v) is 11.5. The Morgan fingerprint density at radius 3 is 2.59 bits per heavy atom. The number of hydrogen-bond acceptors (Lipinski definition) is 5. The molecule has 188 valence electrons. The molecule has 2 aromatic carbocycles. The first-order valence-corrected chi connectivity index (χ1v) is 13.9. The third kappa shape index (κ3) is 4.40. The van der Waals surface area contributed by atoms with Crippen molar-refractivity contribution in [3.8, 4) is 5.00 Å². The van der Waals surface area contributed by atoms with Crippen LogP contribution in [0.15, 0.2) is 47.5 Å². The Hall–Kier alpha value is -3.29. The SMILES string of the molecule is Cc1sc2c(c1C)C(c1ccc(Cl)cc1)=N[C@@H](CC(=O)Nc1ccc3c(c1)CCCC3)c1nnc(C)n1-2. The lowest BCUT2D eigenvalue weighted by Gasteiger charge is -2.17. The number of anilines is 1. The molecule has 0 bridgehead atoms. The molecular formula is C29H28ClN5OS. The first kappa shape index (κ1) is 24.1. The van der Waals surface area contributed by atoms with E-state index in [0.717, 1.165) is 46.2 Å². The van der Waals surface area contributed by atoms with Crippen molar-refractivity contribution >= 4 is 40.2 Å². The van der Waals surface area contributed by atoms with E-state index in [-0.39, 0.29) is 12.3 Å². The van der Waals surface area contributed by atoms with Crippen LogP contribution in [0, 0.1) is 20.8 Å². The largest absolute Gasteiger partial charge is 0.326 e. The topological polar surface area (TPSA) is 72.2 Å². The molecule has 0 fully saturated rings. The van der Waals surface area contributed by atoms with E-state index in [2.05, 4.69) is 46.1 Å². The molecular weight excluding hydrogens is 502 g/mol. The highest BCUT2D eigenvalue weighted by Crippen LogP contribution is 2.39. The van der Waals surface area contributed by atoms with Crippen LogP contribution in [0.25, 0.3) is 5.00 Å². The van der Waals surface area contributed by atoms with Gasteiger partial charge in [-0.15, -0.1) is 21.5 Å². The van der Waals surface area contributed by atoms with Crippen LogP contribution in [-0.2, 0) is 17.6 Å². The molecule has 0 saturated heterocycles. The number of aromatic nitrogens is 3. The van der Waals surface area contributed by atoms with Gasteiger partial charge < -0.3 is 5.32 Å². The molecule has 6 nitrogen and oxygen atoms in total. The highest BCUT2D eigenvalue weighted by atomic mass is 35.5. The van der Waals surface area contributed by atoms with Crippen molar-refractivity contribution in [3.05, 3.63) is 91.8 Å². The van der Waals surface area contributed by atoms with E-state index >= 15 is 0 Å². The number of amides is 1. The molecule has 0 radical (unpaired) electrons. The number of benzene rings is 2. The van der Waals surface area contributed by atoms with Gasteiger partial charge >= 0.3 is 0 Å². The van der Waals surface area contributed by atoms with Gasteiger partial charge in [-0.2, -0.15) is 0 Å². The molecule has 1 aliphatic heterocycles. The molecule has 8 heteroatoms. The highest BCUT2D eigenvalue weighted by Gasteiger charge is 2.32. The van der Waals surface area contributed by atoms with Crippen LogP contribution >= 0.6 is 22.9 Å². The monoisotopic (exact) mass is 529 g/mol. The molecule has 1 atom stereocenters. The molecule has 2 aliphatic rings. The predicted octanol–water partition coefficient (Wildman–Crippen LogP) is 6.71. The molecule has 0 unspecified atom stereocenters. The Morgan fingerprint density at radius 1 is 1.05 bits per heavy atom. The summed E-state index contributed by atoms with van der Waals surface area (Å²) >= 11 is 7.91. The zero-order chi connectivity index (χ0) is 25.7. The first-order valence-electron chi connectivity index (χ1n) is 12.7. The minimum Gasteiger partial charge on any atom is -0.326 e. The number of thiophene rings is 1. The number of nitrogens with one attached hydrogen (secondary N) is 1. The van der Waals surface area contributed by atoms with E-state index in [1.165, 1.54) is 34.4 Å². The van der Waals surface area contributed by atoms with Crippen molar-refractivity contribution in [1.82, 2.24) is 14.8 Å². The van der Waals surface area contributed by atoms with E-state index < -0.39 is 6.04 Å². The fourth-order valence-corrected chi connectivity index (χ4v) is 6.67. The van der Waals surface area contributed by atoms with Crippen molar-refractivity contribution in [3.63, 3.8) is 0 Å². The van der Waals surface area contributed by atoms with E-state index in [1.54, 1.807) is 11.3 Å². The van der Waals surface area contributed by atoms with Crippen molar-refractivity contribution in [2.45, 2.75) is 58.9 Å². The van der Waals surface area contributed by atoms with Gasteiger partial charge in [-0.1, -0.05) is 29.8 Å². The molecule has 0 saturated carbocycles. The van der Waals surface area contributed by atoms with Crippen molar-refractivity contribution in [2.24, 2.45) is 4.99 Å². The van der Waals surface area contributed by atoms with Gasteiger partial charge in [0.05, 0.1) is 12.1 Å².